The average Bonchev–Trinajstić information content (AvgIpc) is 2.48. The van der Waals surface area contributed by atoms with Crippen molar-refractivity contribution in [3.63, 3.8) is 0 Å². The largest absolute Gasteiger partial charge is 0.495 e. The number of para-hydroxylation sites is 2. The van der Waals surface area contributed by atoms with Gasteiger partial charge < -0.3 is 10.1 Å². The molecule has 104 valence electrons. The van der Waals surface area contributed by atoms with Crippen molar-refractivity contribution in [2.75, 3.05) is 18.7 Å². The van der Waals surface area contributed by atoms with Gasteiger partial charge in [-0.3, -0.25) is 4.79 Å². The number of halogens is 1. The minimum Gasteiger partial charge on any atom is -0.495 e. The molecule has 1 aromatic carbocycles. The van der Waals surface area contributed by atoms with Gasteiger partial charge in [-0.2, -0.15) is 0 Å². The van der Waals surface area contributed by atoms with Gasteiger partial charge in [0.05, 0.1) is 17.3 Å². The number of carbonyl (C=O) groups is 1. The lowest BCUT2D eigenvalue weighted by atomic mass is 10.2. The number of thioether (sulfide) groups is 1. The number of ether oxygens (including phenoxy) is 1. The number of nitrogens with zero attached hydrogens (tertiary/aromatic N) is 2. The number of methoxy groups -OCH3 is 1. The Morgan fingerprint density at radius 1 is 1.40 bits per heavy atom. The molecule has 0 unspecified atom stereocenters. The highest BCUT2D eigenvalue weighted by molar-refractivity contribution is 9.10. The van der Waals surface area contributed by atoms with Crippen molar-refractivity contribution >= 4 is 39.3 Å². The number of nitrogens with one attached hydrogen (secondary N) is 1. The summed E-state index contributed by atoms with van der Waals surface area (Å²) in [5, 5.41) is 3.32. The van der Waals surface area contributed by atoms with Crippen molar-refractivity contribution in [2.45, 2.75) is 5.16 Å². The monoisotopic (exact) mass is 353 g/mol. The van der Waals surface area contributed by atoms with Gasteiger partial charge in [-0.05, 0) is 34.3 Å². The number of amides is 1. The minimum atomic E-state index is -0.320. The van der Waals surface area contributed by atoms with E-state index in [4.69, 9.17) is 4.74 Å². The topological polar surface area (TPSA) is 64.1 Å². The van der Waals surface area contributed by atoms with Crippen molar-refractivity contribution in [1.29, 1.82) is 0 Å². The molecule has 0 atom stereocenters. The van der Waals surface area contributed by atoms with E-state index in [0.717, 1.165) is 0 Å². The fourth-order valence-electron chi connectivity index (χ4n) is 1.54. The van der Waals surface area contributed by atoms with Gasteiger partial charge in [0.15, 0.2) is 5.16 Å². The van der Waals surface area contributed by atoms with Crippen LogP contribution in [0.15, 0.2) is 40.1 Å². The molecule has 1 heterocycles. The molecule has 5 nitrogen and oxygen atoms in total. The Morgan fingerprint density at radius 2 is 2.15 bits per heavy atom. The van der Waals surface area contributed by atoms with Crippen LogP contribution in [0.2, 0.25) is 0 Å². The maximum Gasteiger partial charge on any atom is 0.275 e. The van der Waals surface area contributed by atoms with Gasteiger partial charge in [-0.25, -0.2) is 9.97 Å². The summed E-state index contributed by atoms with van der Waals surface area (Å²) >= 11 is 4.66. The molecule has 1 amide bonds. The van der Waals surface area contributed by atoms with Crippen LogP contribution >= 0.6 is 27.7 Å². The van der Waals surface area contributed by atoms with E-state index in [1.54, 1.807) is 25.4 Å². The van der Waals surface area contributed by atoms with Crippen molar-refractivity contribution in [3.8, 4) is 5.75 Å². The number of hydrogen-bond acceptors (Lipinski definition) is 5. The maximum absolute atomic E-state index is 12.3. The molecule has 0 spiro atoms. The zero-order valence-corrected chi connectivity index (χ0v) is 13.3. The van der Waals surface area contributed by atoms with Crippen LogP contribution in [0.3, 0.4) is 0 Å². The van der Waals surface area contributed by atoms with Gasteiger partial charge in [0, 0.05) is 6.20 Å². The Labute approximate surface area is 129 Å². The SMILES string of the molecule is COc1ccccc1NC(=O)c1nc(SC)ncc1Br. The Balaban J connectivity index is 2.28. The van der Waals surface area contributed by atoms with E-state index >= 15 is 0 Å². The van der Waals surface area contributed by atoms with Gasteiger partial charge in [0.25, 0.3) is 5.91 Å². The number of carbonyl (C=O) groups excluding carboxylic acids is 1. The summed E-state index contributed by atoms with van der Waals surface area (Å²) < 4.78 is 5.74. The Bertz CT molecular complexity index is 637. The number of benzene rings is 1. The summed E-state index contributed by atoms with van der Waals surface area (Å²) in [5.74, 6) is 0.273. The Hall–Kier alpha value is -1.60. The molecule has 0 aliphatic carbocycles. The predicted octanol–water partition coefficient (Wildman–Crippen LogP) is 3.22. The summed E-state index contributed by atoms with van der Waals surface area (Å²) in [6, 6.07) is 7.20. The normalized spacial score (nSPS) is 10.2. The second-order valence-corrected chi connectivity index (χ2v) is 5.34. The maximum atomic E-state index is 12.3. The Morgan fingerprint density at radius 3 is 2.85 bits per heavy atom. The van der Waals surface area contributed by atoms with Crippen LogP contribution in [0.4, 0.5) is 5.69 Å². The van der Waals surface area contributed by atoms with Crippen LogP contribution in [0.1, 0.15) is 10.5 Å². The molecule has 0 aliphatic rings. The van der Waals surface area contributed by atoms with E-state index in [1.807, 2.05) is 18.4 Å². The summed E-state index contributed by atoms with van der Waals surface area (Å²) in [5.41, 5.74) is 0.881. The van der Waals surface area contributed by atoms with Crippen LogP contribution in [-0.2, 0) is 0 Å². The first-order valence-corrected chi connectivity index (χ1v) is 7.68. The second kappa shape index (κ2) is 6.71. The van der Waals surface area contributed by atoms with E-state index in [-0.39, 0.29) is 11.6 Å². The van der Waals surface area contributed by atoms with Crippen molar-refractivity contribution in [2.24, 2.45) is 0 Å². The fourth-order valence-corrected chi connectivity index (χ4v) is 2.25. The van der Waals surface area contributed by atoms with Gasteiger partial charge >= 0.3 is 0 Å². The Kier molecular flexibility index (Phi) is 4.97. The molecule has 0 radical (unpaired) electrons. The summed E-state index contributed by atoms with van der Waals surface area (Å²) in [6.45, 7) is 0. The zero-order chi connectivity index (χ0) is 14.5. The highest BCUT2D eigenvalue weighted by Gasteiger charge is 2.15. The second-order valence-electron chi connectivity index (χ2n) is 3.71. The van der Waals surface area contributed by atoms with Gasteiger partial charge in [0.2, 0.25) is 0 Å². The van der Waals surface area contributed by atoms with Crippen LogP contribution < -0.4 is 10.1 Å². The molecule has 7 heteroatoms. The van der Waals surface area contributed by atoms with Crippen LogP contribution in [0, 0.1) is 0 Å². The minimum absolute atomic E-state index is 0.287. The van der Waals surface area contributed by atoms with Gasteiger partial charge in [-0.15, -0.1) is 0 Å². The molecule has 2 rings (SSSR count). The summed E-state index contributed by atoms with van der Waals surface area (Å²) in [6.07, 6.45) is 3.42. The molecule has 0 saturated heterocycles. The van der Waals surface area contributed by atoms with Crippen LogP contribution in [-0.4, -0.2) is 29.2 Å². The fraction of sp³-hybridized carbons (Fsp3) is 0.154. The first-order chi connectivity index (χ1) is 9.65. The highest BCUT2D eigenvalue weighted by atomic mass is 79.9. The molecule has 0 saturated carbocycles. The average molecular weight is 354 g/mol. The number of hydrogen-bond donors (Lipinski definition) is 1. The summed E-state index contributed by atoms with van der Waals surface area (Å²) in [7, 11) is 1.55. The molecule has 0 fully saturated rings. The summed E-state index contributed by atoms with van der Waals surface area (Å²) in [4.78, 5) is 20.6. The molecule has 0 aliphatic heterocycles. The van der Waals surface area contributed by atoms with E-state index in [0.29, 0.717) is 21.1 Å². The van der Waals surface area contributed by atoms with E-state index < -0.39 is 0 Å². The quantitative estimate of drug-likeness (QED) is 0.675. The number of aromatic nitrogens is 2. The molecular formula is C13H12BrN3O2S. The standard InChI is InChI=1S/C13H12BrN3O2S/c1-19-10-6-4-3-5-9(10)16-12(18)11-8(14)7-15-13(17-11)20-2/h3-7H,1-2H3,(H,16,18). The molecule has 0 bridgehead atoms. The van der Waals surface area contributed by atoms with Gasteiger partial charge in [0.1, 0.15) is 11.4 Å². The third kappa shape index (κ3) is 3.29. The number of anilines is 1. The lowest BCUT2D eigenvalue weighted by Gasteiger charge is -2.10. The van der Waals surface area contributed by atoms with E-state index in [1.165, 1.54) is 11.8 Å². The third-order valence-electron chi connectivity index (χ3n) is 2.47. The van der Waals surface area contributed by atoms with Crippen LogP contribution in [0.5, 0.6) is 5.75 Å². The third-order valence-corrected chi connectivity index (χ3v) is 3.62. The molecule has 1 aromatic heterocycles. The van der Waals surface area contributed by atoms with Crippen molar-refractivity contribution in [3.05, 3.63) is 40.6 Å². The van der Waals surface area contributed by atoms with Crippen molar-refractivity contribution < 1.29 is 9.53 Å². The molecular weight excluding hydrogens is 342 g/mol. The highest BCUT2D eigenvalue weighted by Crippen LogP contribution is 2.25. The van der Waals surface area contributed by atoms with E-state index in [2.05, 4.69) is 31.2 Å². The molecule has 1 N–H and O–H groups in total. The smallest absolute Gasteiger partial charge is 0.275 e. The van der Waals surface area contributed by atoms with E-state index in [9.17, 15) is 4.79 Å². The van der Waals surface area contributed by atoms with Crippen LogP contribution in [0.25, 0.3) is 0 Å². The molecule has 2 aromatic rings. The predicted molar refractivity (Wildman–Crippen MR) is 82.5 cm³/mol. The first-order valence-electron chi connectivity index (χ1n) is 5.66. The first kappa shape index (κ1) is 14.8. The lowest BCUT2D eigenvalue weighted by molar-refractivity contribution is 0.102. The zero-order valence-electron chi connectivity index (χ0n) is 10.9. The van der Waals surface area contributed by atoms with Crippen molar-refractivity contribution in [1.82, 2.24) is 9.97 Å². The molecule has 20 heavy (non-hydrogen) atoms. The lowest BCUT2D eigenvalue weighted by Crippen LogP contribution is -2.15. The van der Waals surface area contributed by atoms with Gasteiger partial charge in [-0.1, -0.05) is 23.9 Å². The number of rotatable bonds is 4.